The summed E-state index contributed by atoms with van der Waals surface area (Å²) in [5, 5.41) is 5.52. The van der Waals surface area contributed by atoms with Crippen LogP contribution in [0.1, 0.15) is 33.3 Å². The van der Waals surface area contributed by atoms with Crippen molar-refractivity contribution in [2.75, 3.05) is 36.8 Å². The van der Waals surface area contributed by atoms with E-state index in [9.17, 15) is 4.79 Å². The Hall–Kier alpha value is -3.16. The summed E-state index contributed by atoms with van der Waals surface area (Å²) in [7, 11) is 0. The highest BCUT2D eigenvalue weighted by Gasteiger charge is 2.27. The summed E-state index contributed by atoms with van der Waals surface area (Å²) in [6.07, 6.45) is 0. The molecule has 0 unspecified atom stereocenters. The zero-order valence-corrected chi connectivity index (χ0v) is 18.3. The molecular formula is C22H29N7O. The van der Waals surface area contributed by atoms with E-state index in [1.165, 1.54) is 0 Å². The van der Waals surface area contributed by atoms with Gasteiger partial charge in [0, 0.05) is 38.7 Å². The monoisotopic (exact) mass is 407 g/mol. The fourth-order valence-corrected chi connectivity index (χ4v) is 3.88. The molecule has 1 fully saturated rings. The summed E-state index contributed by atoms with van der Waals surface area (Å²) in [5.41, 5.74) is 9.80. The molecule has 3 heterocycles. The molecule has 0 aliphatic carbocycles. The summed E-state index contributed by atoms with van der Waals surface area (Å²) in [4.78, 5) is 25.3. The van der Waals surface area contributed by atoms with Gasteiger partial charge in [0.15, 0.2) is 5.65 Å². The normalized spacial score (nSPS) is 15.1. The summed E-state index contributed by atoms with van der Waals surface area (Å²) in [6, 6.07) is 8.23. The molecule has 4 rings (SSSR count). The number of nitrogens with zero attached hydrogens (tertiary/aromatic N) is 6. The van der Waals surface area contributed by atoms with Crippen LogP contribution in [-0.4, -0.2) is 56.7 Å². The number of amides is 1. The summed E-state index contributed by atoms with van der Waals surface area (Å²) >= 11 is 0. The third kappa shape index (κ3) is 3.58. The number of nitrogens with two attached hydrogens (primary N) is 1. The first kappa shape index (κ1) is 20.1. The average Bonchev–Trinajstić information content (AvgIpc) is 3.04. The number of benzene rings is 1. The Morgan fingerprint density at radius 2 is 1.80 bits per heavy atom. The van der Waals surface area contributed by atoms with Crippen LogP contribution in [0.3, 0.4) is 0 Å². The van der Waals surface area contributed by atoms with Crippen LogP contribution in [0.2, 0.25) is 0 Å². The van der Waals surface area contributed by atoms with E-state index in [-0.39, 0.29) is 11.4 Å². The van der Waals surface area contributed by atoms with E-state index in [4.69, 9.17) is 20.8 Å². The number of rotatable bonds is 2. The van der Waals surface area contributed by atoms with E-state index in [0.717, 1.165) is 22.2 Å². The van der Waals surface area contributed by atoms with Gasteiger partial charge < -0.3 is 15.5 Å². The van der Waals surface area contributed by atoms with Crippen LogP contribution in [-0.2, 0) is 10.3 Å². The first-order valence-electron chi connectivity index (χ1n) is 10.3. The fraction of sp³-hybridized carbons (Fsp3) is 0.455. The maximum atomic E-state index is 11.7. The SMILES string of the molecule is CC(=O)N1CCN(c2nc(-c3cccc(C)c3)c3c(N)n(C(C)(C)C)nc3n2)CC1. The van der Waals surface area contributed by atoms with E-state index >= 15 is 0 Å². The van der Waals surface area contributed by atoms with Crippen molar-refractivity contribution in [2.45, 2.75) is 40.2 Å². The quantitative estimate of drug-likeness (QED) is 0.702. The highest BCUT2D eigenvalue weighted by molar-refractivity contribution is 5.99. The van der Waals surface area contributed by atoms with E-state index in [1.807, 2.05) is 21.7 Å². The second kappa shape index (κ2) is 7.27. The highest BCUT2D eigenvalue weighted by Crippen LogP contribution is 2.34. The highest BCUT2D eigenvalue weighted by atomic mass is 16.2. The first-order chi connectivity index (χ1) is 14.1. The molecule has 1 saturated heterocycles. The largest absolute Gasteiger partial charge is 0.383 e. The van der Waals surface area contributed by atoms with Crippen molar-refractivity contribution in [1.29, 1.82) is 0 Å². The van der Waals surface area contributed by atoms with Crippen LogP contribution in [0.4, 0.5) is 11.8 Å². The Labute approximate surface area is 176 Å². The summed E-state index contributed by atoms with van der Waals surface area (Å²) in [5.74, 6) is 1.30. The van der Waals surface area contributed by atoms with Gasteiger partial charge in [0.2, 0.25) is 11.9 Å². The molecule has 0 radical (unpaired) electrons. The molecule has 2 N–H and O–H groups in total. The lowest BCUT2D eigenvalue weighted by Crippen LogP contribution is -2.48. The lowest BCUT2D eigenvalue weighted by atomic mass is 10.1. The number of hydrogen-bond donors (Lipinski definition) is 1. The van der Waals surface area contributed by atoms with Gasteiger partial charge >= 0.3 is 0 Å². The minimum absolute atomic E-state index is 0.100. The van der Waals surface area contributed by atoms with Crippen molar-refractivity contribution in [3.05, 3.63) is 29.8 Å². The molecule has 2 aromatic heterocycles. The second-order valence-corrected chi connectivity index (χ2v) is 8.90. The number of anilines is 2. The van der Waals surface area contributed by atoms with Crippen molar-refractivity contribution in [3.63, 3.8) is 0 Å². The molecule has 1 aliphatic heterocycles. The van der Waals surface area contributed by atoms with Gasteiger partial charge in [-0.1, -0.05) is 23.8 Å². The molecule has 1 amide bonds. The van der Waals surface area contributed by atoms with E-state index in [0.29, 0.717) is 43.6 Å². The van der Waals surface area contributed by atoms with Gasteiger partial charge in [-0.05, 0) is 33.8 Å². The molecule has 0 atom stereocenters. The maximum absolute atomic E-state index is 11.7. The van der Waals surface area contributed by atoms with Crippen LogP contribution in [0, 0.1) is 6.92 Å². The Balaban J connectivity index is 1.86. The third-order valence-electron chi connectivity index (χ3n) is 5.49. The molecule has 158 valence electrons. The number of carbonyl (C=O) groups excluding carboxylic acids is 1. The molecule has 3 aromatic rings. The minimum Gasteiger partial charge on any atom is -0.383 e. The molecule has 1 aliphatic rings. The van der Waals surface area contributed by atoms with Gasteiger partial charge in [-0.25, -0.2) is 9.67 Å². The van der Waals surface area contributed by atoms with Crippen molar-refractivity contribution < 1.29 is 4.79 Å². The number of piperazine rings is 1. The predicted molar refractivity (Wildman–Crippen MR) is 119 cm³/mol. The van der Waals surface area contributed by atoms with Gasteiger partial charge in [-0.2, -0.15) is 4.98 Å². The van der Waals surface area contributed by atoms with Gasteiger partial charge in [-0.3, -0.25) is 4.79 Å². The van der Waals surface area contributed by atoms with Crippen LogP contribution in [0.5, 0.6) is 0 Å². The number of hydrogen-bond acceptors (Lipinski definition) is 6. The Bertz CT molecular complexity index is 1100. The average molecular weight is 408 g/mol. The fourth-order valence-electron chi connectivity index (χ4n) is 3.88. The molecule has 0 spiro atoms. The smallest absolute Gasteiger partial charge is 0.228 e. The number of carbonyl (C=O) groups is 1. The molecular weight excluding hydrogens is 378 g/mol. The van der Waals surface area contributed by atoms with Crippen LogP contribution in [0.15, 0.2) is 24.3 Å². The molecule has 8 nitrogen and oxygen atoms in total. The lowest BCUT2D eigenvalue weighted by Gasteiger charge is -2.34. The van der Waals surface area contributed by atoms with Crippen LogP contribution in [0.25, 0.3) is 22.3 Å². The van der Waals surface area contributed by atoms with Gasteiger partial charge in [-0.15, -0.1) is 5.10 Å². The molecule has 8 heteroatoms. The number of fused-ring (bicyclic) bond motifs is 1. The van der Waals surface area contributed by atoms with E-state index < -0.39 is 0 Å². The summed E-state index contributed by atoms with van der Waals surface area (Å²) in [6.45, 7) is 12.6. The zero-order chi connectivity index (χ0) is 21.6. The Morgan fingerprint density at radius 3 is 2.40 bits per heavy atom. The van der Waals surface area contributed by atoms with E-state index in [2.05, 4.69) is 44.7 Å². The number of nitrogen functional groups attached to an aromatic ring is 1. The number of aromatic nitrogens is 4. The third-order valence-corrected chi connectivity index (χ3v) is 5.49. The first-order valence-corrected chi connectivity index (χ1v) is 10.3. The zero-order valence-electron chi connectivity index (χ0n) is 18.3. The Kier molecular flexibility index (Phi) is 4.88. The van der Waals surface area contributed by atoms with Crippen LogP contribution < -0.4 is 10.6 Å². The standard InChI is InChI=1S/C22H29N7O/c1-14-7-6-8-16(13-14)18-17-19(23)29(22(3,4)5)26-20(17)25-21(24-18)28-11-9-27(10-12-28)15(2)30/h6-8,13H,9-12,23H2,1-5H3. The van der Waals surface area contributed by atoms with Crippen molar-refractivity contribution >= 4 is 28.7 Å². The van der Waals surface area contributed by atoms with Crippen LogP contribution >= 0.6 is 0 Å². The topological polar surface area (TPSA) is 93.2 Å². The predicted octanol–water partition coefficient (Wildman–Crippen LogP) is 2.81. The second-order valence-electron chi connectivity index (χ2n) is 8.90. The summed E-state index contributed by atoms with van der Waals surface area (Å²) < 4.78 is 1.82. The van der Waals surface area contributed by atoms with Crippen molar-refractivity contribution in [2.24, 2.45) is 0 Å². The van der Waals surface area contributed by atoms with E-state index in [1.54, 1.807) is 6.92 Å². The molecule has 30 heavy (non-hydrogen) atoms. The van der Waals surface area contributed by atoms with Gasteiger partial charge in [0.1, 0.15) is 5.82 Å². The lowest BCUT2D eigenvalue weighted by molar-refractivity contribution is -0.129. The molecule has 0 bridgehead atoms. The van der Waals surface area contributed by atoms with Gasteiger partial charge in [0.25, 0.3) is 0 Å². The maximum Gasteiger partial charge on any atom is 0.228 e. The van der Waals surface area contributed by atoms with Crippen molar-refractivity contribution in [3.8, 4) is 11.3 Å². The Morgan fingerprint density at radius 1 is 1.10 bits per heavy atom. The van der Waals surface area contributed by atoms with Gasteiger partial charge in [0.05, 0.1) is 16.6 Å². The molecule has 1 aromatic carbocycles. The van der Waals surface area contributed by atoms with Crippen molar-refractivity contribution in [1.82, 2.24) is 24.6 Å². The number of aryl methyl sites for hydroxylation is 1. The minimum atomic E-state index is -0.276. The molecule has 0 saturated carbocycles.